The normalized spacial score (nSPS) is 22.3. The van der Waals surface area contributed by atoms with Crippen LogP contribution >= 0.6 is 11.8 Å². The molecule has 0 aliphatic carbocycles. The second kappa shape index (κ2) is 5.10. The van der Waals surface area contributed by atoms with Gasteiger partial charge in [-0.05, 0) is 17.7 Å². The van der Waals surface area contributed by atoms with Crippen LogP contribution in [0, 0.1) is 0 Å². The van der Waals surface area contributed by atoms with Gasteiger partial charge in [0.15, 0.2) is 0 Å². The first-order valence-electron chi connectivity index (χ1n) is 6.37. The van der Waals surface area contributed by atoms with Crippen LogP contribution in [0.5, 0.6) is 0 Å². The molecule has 19 heavy (non-hydrogen) atoms. The number of carbonyl (C=O) groups is 1. The Kier molecular flexibility index (Phi) is 3.30. The van der Waals surface area contributed by atoms with E-state index in [1.165, 1.54) is 0 Å². The third-order valence-electron chi connectivity index (χ3n) is 3.37. The first kappa shape index (κ1) is 12.3. The van der Waals surface area contributed by atoms with Crippen molar-refractivity contribution in [1.29, 1.82) is 0 Å². The van der Waals surface area contributed by atoms with Gasteiger partial charge in [-0.1, -0.05) is 49.4 Å². The van der Waals surface area contributed by atoms with Gasteiger partial charge in [-0.15, -0.1) is 11.8 Å². The van der Waals surface area contributed by atoms with E-state index in [1.54, 1.807) is 11.8 Å². The van der Waals surface area contributed by atoms with Crippen molar-refractivity contribution in [2.45, 2.75) is 23.0 Å². The lowest BCUT2D eigenvalue weighted by Gasteiger charge is -2.19. The number of carbonyl (C=O) groups excluding carboxylic acids is 1. The Morgan fingerprint density at radius 3 is 2.47 bits per heavy atom. The number of nitrogens with one attached hydrogen (secondary N) is 1. The minimum absolute atomic E-state index is 0.0798. The maximum Gasteiger partial charge on any atom is 0.233 e. The molecule has 1 aliphatic rings. The zero-order valence-corrected chi connectivity index (χ0v) is 11.5. The van der Waals surface area contributed by atoms with Crippen LogP contribution in [0.1, 0.15) is 18.4 Å². The van der Waals surface area contributed by atoms with Gasteiger partial charge in [-0.2, -0.15) is 0 Å². The fourth-order valence-electron chi connectivity index (χ4n) is 2.45. The van der Waals surface area contributed by atoms with E-state index < -0.39 is 0 Å². The van der Waals surface area contributed by atoms with Crippen LogP contribution in [0.3, 0.4) is 0 Å². The monoisotopic (exact) mass is 269 g/mol. The van der Waals surface area contributed by atoms with E-state index in [4.69, 9.17) is 0 Å². The molecule has 0 fully saturated rings. The Balaban J connectivity index is 1.99. The minimum Gasteiger partial charge on any atom is -0.325 e. The number of para-hydroxylation sites is 1. The summed E-state index contributed by atoms with van der Waals surface area (Å²) < 4.78 is 0. The number of hydrogen-bond acceptors (Lipinski definition) is 2. The van der Waals surface area contributed by atoms with Crippen LogP contribution in [0.15, 0.2) is 59.5 Å². The number of thioether (sulfide) groups is 1. The number of hydrogen-bond donors (Lipinski definition) is 1. The van der Waals surface area contributed by atoms with Crippen LogP contribution in [0.2, 0.25) is 0 Å². The first-order valence-corrected chi connectivity index (χ1v) is 7.25. The van der Waals surface area contributed by atoms with Crippen LogP contribution in [-0.4, -0.2) is 11.2 Å². The quantitative estimate of drug-likeness (QED) is 0.850. The molecule has 2 aromatic rings. The SMILES string of the molecule is C[C@H]1Sc2ccccc2NC(=O)[C@@H]1c1ccccc1. The summed E-state index contributed by atoms with van der Waals surface area (Å²) in [5.41, 5.74) is 2.00. The summed E-state index contributed by atoms with van der Waals surface area (Å²) in [6.45, 7) is 2.12. The molecule has 3 rings (SSSR count). The number of rotatable bonds is 1. The van der Waals surface area contributed by atoms with Gasteiger partial charge in [0.25, 0.3) is 0 Å². The zero-order chi connectivity index (χ0) is 13.2. The summed E-state index contributed by atoms with van der Waals surface area (Å²) in [5.74, 6) is -0.0326. The van der Waals surface area contributed by atoms with E-state index in [0.717, 1.165) is 16.1 Å². The second-order valence-corrected chi connectivity index (χ2v) is 6.12. The smallest absolute Gasteiger partial charge is 0.233 e. The minimum atomic E-state index is -0.112. The molecule has 3 heteroatoms. The van der Waals surface area contributed by atoms with Gasteiger partial charge in [-0.25, -0.2) is 0 Å². The average molecular weight is 269 g/mol. The summed E-state index contributed by atoms with van der Waals surface area (Å²) in [6, 6.07) is 18.0. The molecule has 0 bridgehead atoms. The van der Waals surface area contributed by atoms with E-state index in [2.05, 4.69) is 18.3 Å². The topological polar surface area (TPSA) is 29.1 Å². The lowest BCUT2D eigenvalue weighted by molar-refractivity contribution is -0.117. The highest BCUT2D eigenvalue weighted by atomic mass is 32.2. The van der Waals surface area contributed by atoms with Crippen LogP contribution < -0.4 is 5.32 Å². The molecule has 0 unspecified atom stereocenters. The highest BCUT2D eigenvalue weighted by Crippen LogP contribution is 2.40. The van der Waals surface area contributed by atoms with E-state index in [-0.39, 0.29) is 17.1 Å². The number of anilines is 1. The molecule has 2 aromatic carbocycles. The summed E-state index contributed by atoms with van der Waals surface area (Å²) in [7, 11) is 0. The fraction of sp³-hybridized carbons (Fsp3) is 0.188. The van der Waals surface area contributed by atoms with Gasteiger partial charge in [0.2, 0.25) is 5.91 Å². The Hall–Kier alpha value is -1.74. The molecule has 1 amide bonds. The van der Waals surface area contributed by atoms with Gasteiger partial charge < -0.3 is 5.32 Å². The molecule has 1 heterocycles. The molecule has 2 atom stereocenters. The third kappa shape index (κ3) is 2.38. The second-order valence-electron chi connectivity index (χ2n) is 4.70. The van der Waals surface area contributed by atoms with Crippen molar-refractivity contribution in [3.05, 3.63) is 60.2 Å². The lowest BCUT2D eigenvalue weighted by Crippen LogP contribution is -2.25. The lowest BCUT2D eigenvalue weighted by atomic mass is 9.95. The van der Waals surface area contributed by atoms with Crippen molar-refractivity contribution in [3.8, 4) is 0 Å². The number of benzene rings is 2. The third-order valence-corrected chi connectivity index (χ3v) is 4.62. The predicted octanol–water partition coefficient (Wildman–Crippen LogP) is 3.90. The van der Waals surface area contributed by atoms with Gasteiger partial charge in [0.05, 0.1) is 11.6 Å². The van der Waals surface area contributed by atoms with Crippen molar-refractivity contribution in [1.82, 2.24) is 0 Å². The molecular formula is C16H15NOS. The highest BCUT2D eigenvalue weighted by Gasteiger charge is 2.31. The van der Waals surface area contributed by atoms with Crippen molar-refractivity contribution in [2.75, 3.05) is 5.32 Å². The van der Waals surface area contributed by atoms with Crippen LogP contribution in [0.25, 0.3) is 0 Å². The molecular weight excluding hydrogens is 254 g/mol. The number of fused-ring (bicyclic) bond motifs is 1. The van der Waals surface area contributed by atoms with Crippen LogP contribution in [0.4, 0.5) is 5.69 Å². The summed E-state index contributed by atoms with van der Waals surface area (Å²) >= 11 is 1.76. The highest BCUT2D eigenvalue weighted by molar-refractivity contribution is 8.00. The molecule has 2 nitrogen and oxygen atoms in total. The molecule has 0 saturated heterocycles. The Morgan fingerprint density at radius 2 is 1.68 bits per heavy atom. The van der Waals surface area contributed by atoms with Crippen molar-refractivity contribution >= 4 is 23.4 Å². The summed E-state index contributed by atoms with van der Waals surface area (Å²) in [4.78, 5) is 13.6. The van der Waals surface area contributed by atoms with Crippen molar-refractivity contribution in [2.24, 2.45) is 0 Å². The molecule has 0 radical (unpaired) electrons. The molecule has 0 spiro atoms. The van der Waals surface area contributed by atoms with Gasteiger partial charge in [0.1, 0.15) is 0 Å². The van der Waals surface area contributed by atoms with Gasteiger partial charge >= 0.3 is 0 Å². The first-order chi connectivity index (χ1) is 9.25. The number of amides is 1. The van der Waals surface area contributed by atoms with E-state index in [1.807, 2.05) is 48.5 Å². The van der Waals surface area contributed by atoms with E-state index >= 15 is 0 Å². The maximum absolute atomic E-state index is 12.5. The molecule has 1 aliphatic heterocycles. The summed E-state index contributed by atoms with van der Waals surface area (Å²) in [6.07, 6.45) is 0. The van der Waals surface area contributed by atoms with Crippen molar-refractivity contribution < 1.29 is 4.79 Å². The summed E-state index contributed by atoms with van der Waals surface area (Å²) in [5, 5.41) is 3.26. The molecule has 0 saturated carbocycles. The standard InChI is InChI=1S/C16H15NOS/c1-11-15(12-7-3-2-4-8-12)16(18)17-13-9-5-6-10-14(13)19-11/h2-11,15H,1H3,(H,17,18)/t11-,15+/m1/s1. The van der Waals surface area contributed by atoms with Gasteiger partial charge in [-0.3, -0.25) is 4.79 Å². The largest absolute Gasteiger partial charge is 0.325 e. The Morgan fingerprint density at radius 1 is 1.00 bits per heavy atom. The maximum atomic E-state index is 12.5. The predicted molar refractivity (Wildman–Crippen MR) is 79.6 cm³/mol. The Bertz CT molecular complexity index is 597. The Labute approximate surface area is 117 Å². The molecule has 0 aromatic heterocycles. The average Bonchev–Trinajstić information content (AvgIpc) is 2.54. The fourth-order valence-corrected chi connectivity index (χ4v) is 3.67. The zero-order valence-electron chi connectivity index (χ0n) is 10.7. The van der Waals surface area contributed by atoms with Gasteiger partial charge in [0, 0.05) is 10.1 Å². The van der Waals surface area contributed by atoms with E-state index in [9.17, 15) is 4.79 Å². The van der Waals surface area contributed by atoms with E-state index in [0.29, 0.717) is 0 Å². The molecule has 96 valence electrons. The van der Waals surface area contributed by atoms with Crippen LogP contribution in [-0.2, 0) is 4.79 Å². The molecule has 1 N–H and O–H groups in total. The van der Waals surface area contributed by atoms with Crippen molar-refractivity contribution in [3.63, 3.8) is 0 Å².